The molecule has 1 heterocycles. The number of benzene rings is 2. The number of hydrogen-bond acceptors (Lipinski definition) is 2. The molecule has 0 unspecified atom stereocenters. The molecule has 0 saturated carbocycles. The molecule has 3 nitrogen and oxygen atoms in total. The summed E-state index contributed by atoms with van der Waals surface area (Å²) in [6.07, 6.45) is 4.91. The lowest BCUT2D eigenvalue weighted by molar-refractivity contribution is -0.116. The Bertz CT molecular complexity index is 690. The SMILES string of the molecule is CCCCCC1=NN(c2ccc3ccccc3c2)C(=O)C1. The van der Waals surface area contributed by atoms with Crippen LogP contribution in [-0.2, 0) is 4.79 Å². The zero-order chi connectivity index (χ0) is 14.7. The Hall–Kier alpha value is -2.16. The second kappa shape index (κ2) is 6.08. The van der Waals surface area contributed by atoms with E-state index in [1.165, 1.54) is 18.2 Å². The van der Waals surface area contributed by atoms with E-state index in [0.29, 0.717) is 6.42 Å². The van der Waals surface area contributed by atoms with Crippen molar-refractivity contribution in [1.29, 1.82) is 0 Å². The van der Waals surface area contributed by atoms with Crippen LogP contribution in [0.1, 0.15) is 39.0 Å². The molecule has 1 amide bonds. The Morgan fingerprint density at radius 3 is 2.71 bits per heavy atom. The van der Waals surface area contributed by atoms with E-state index in [4.69, 9.17) is 0 Å². The van der Waals surface area contributed by atoms with Crippen molar-refractivity contribution in [3.05, 3.63) is 42.5 Å². The third-order valence-electron chi connectivity index (χ3n) is 3.88. The fraction of sp³-hybridized carbons (Fsp3) is 0.333. The highest BCUT2D eigenvalue weighted by Gasteiger charge is 2.24. The summed E-state index contributed by atoms with van der Waals surface area (Å²) in [4.78, 5) is 12.2. The molecule has 0 fully saturated rings. The van der Waals surface area contributed by atoms with Gasteiger partial charge in [-0.2, -0.15) is 5.10 Å². The molecule has 0 saturated heterocycles. The Labute approximate surface area is 125 Å². The minimum atomic E-state index is 0.0804. The molecule has 0 aliphatic carbocycles. The normalized spacial score (nSPS) is 14.8. The fourth-order valence-electron chi connectivity index (χ4n) is 2.71. The van der Waals surface area contributed by atoms with E-state index in [-0.39, 0.29) is 5.91 Å². The number of nitrogens with zero attached hydrogens (tertiary/aromatic N) is 2. The topological polar surface area (TPSA) is 32.7 Å². The molecular formula is C18H20N2O. The summed E-state index contributed by atoms with van der Waals surface area (Å²) in [6, 6.07) is 14.2. The molecule has 108 valence electrons. The van der Waals surface area contributed by atoms with Gasteiger partial charge in [-0.3, -0.25) is 4.79 Å². The standard InChI is InChI=1S/C18H20N2O/c1-2-3-4-9-16-13-18(21)20(19-16)17-11-10-14-7-5-6-8-15(14)12-17/h5-8,10-12H,2-4,9,13H2,1H3. The van der Waals surface area contributed by atoms with E-state index in [2.05, 4.69) is 24.2 Å². The highest BCUT2D eigenvalue weighted by Crippen LogP contribution is 2.26. The molecule has 1 aliphatic heterocycles. The smallest absolute Gasteiger partial charge is 0.253 e. The summed E-state index contributed by atoms with van der Waals surface area (Å²) >= 11 is 0. The third kappa shape index (κ3) is 2.97. The van der Waals surface area contributed by atoms with Crippen molar-refractivity contribution in [2.24, 2.45) is 5.10 Å². The van der Waals surface area contributed by atoms with Crippen molar-refractivity contribution in [2.75, 3.05) is 5.01 Å². The van der Waals surface area contributed by atoms with Gasteiger partial charge in [-0.15, -0.1) is 0 Å². The lowest BCUT2D eigenvalue weighted by Gasteiger charge is -2.12. The monoisotopic (exact) mass is 280 g/mol. The molecule has 0 radical (unpaired) electrons. The molecule has 0 bridgehead atoms. The maximum Gasteiger partial charge on any atom is 0.253 e. The zero-order valence-electron chi connectivity index (χ0n) is 12.4. The van der Waals surface area contributed by atoms with Crippen LogP contribution < -0.4 is 5.01 Å². The second-order valence-corrected chi connectivity index (χ2v) is 5.54. The van der Waals surface area contributed by atoms with Gasteiger partial charge in [-0.05, 0) is 35.7 Å². The van der Waals surface area contributed by atoms with Crippen molar-refractivity contribution in [3.63, 3.8) is 0 Å². The number of carbonyl (C=O) groups is 1. The van der Waals surface area contributed by atoms with E-state index in [0.717, 1.165) is 29.6 Å². The lowest BCUT2D eigenvalue weighted by Crippen LogP contribution is -2.19. The zero-order valence-corrected chi connectivity index (χ0v) is 12.4. The Morgan fingerprint density at radius 1 is 1.10 bits per heavy atom. The average molecular weight is 280 g/mol. The van der Waals surface area contributed by atoms with Gasteiger partial charge in [0.15, 0.2) is 0 Å². The first-order valence-electron chi connectivity index (χ1n) is 7.66. The molecule has 1 aliphatic rings. The quantitative estimate of drug-likeness (QED) is 0.741. The highest BCUT2D eigenvalue weighted by molar-refractivity contribution is 6.13. The van der Waals surface area contributed by atoms with Crippen LogP contribution in [0.25, 0.3) is 10.8 Å². The number of fused-ring (bicyclic) bond motifs is 1. The predicted molar refractivity (Wildman–Crippen MR) is 87.6 cm³/mol. The molecule has 0 spiro atoms. The first kappa shape index (κ1) is 13.8. The third-order valence-corrected chi connectivity index (χ3v) is 3.88. The van der Waals surface area contributed by atoms with Crippen LogP contribution in [-0.4, -0.2) is 11.6 Å². The summed E-state index contributed by atoms with van der Waals surface area (Å²) in [6.45, 7) is 2.18. The van der Waals surface area contributed by atoms with Gasteiger partial charge in [0.05, 0.1) is 12.1 Å². The van der Waals surface area contributed by atoms with E-state index < -0.39 is 0 Å². The molecule has 3 rings (SSSR count). The summed E-state index contributed by atoms with van der Waals surface area (Å²) in [5.41, 5.74) is 1.88. The van der Waals surface area contributed by atoms with Gasteiger partial charge < -0.3 is 0 Å². The molecule has 2 aromatic carbocycles. The lowest BCUT2D eigenvalue weighted by atomic mass is 10.1. The minimum Gasteiger partial charge on any atom is -0.272 e. The van der Waals surface area contributed by atoms with Crippen molar-refractivity contribution in [2.45, 2.75) is 39.0 Å². The van der Waals surface area contributed by atoms with E-state index >= 15 is 0 Å². The largest absolute Gasteiger partial charge is 0.272 e. The van der Waals surface area contributed by atoms with Gasteiger partial charge in [-0.1, -0.05) is 50.1 Å². The number of amides is 1. The van der Waals surface area contributed by atoms with Crippen LogP contribution in [0.3, 0.4) is 0 Å². The van der Waals surface area contributed by atoms with Crippen molar-refractivity contribution in [3.8, 4) is 0 Å². The fourth-order valence-corrected chi connectivity index (χ4v) is 2.71. The maximum atomic E-state index is 12.2. The molecular weight excluding hydrogens is 260 g/mol. The van der Waals surface area contributed by atoms with Crippen LogP contribution in [0.5, 0.6) is 0 Å². The van der Waals surface area contributed by atoms with Crippen LogP contribution in [0.4, 0.5) is 5.69 Å². The summed E-state index contributed by atoms with van der Waals surface area (Å²) in [5.74, 6) is 0.0804. The van der Waals surface area contributed by atoms with Crippen LogP contribution in [0.2, 0.25) is 0 Å². The van der Waals surface area contributed by atoms with Gasteiger partial charge in [0, 0.05) is 5.71 Å². The van der Waals surface area contributed by atoms with Crippen molar-refractivity contribution >= 4 is 28.1 Å². The summed E-state index contributed by atoms with van der Waals surface area (Å²) in [7, 11) is 0. The van der Waals surface area contributed by atoms with Crippen LogP contribution in [0.15, 0.2) is 47.6 Å². The molecule has 2 aromatic rings. The average Bonchev–Trinajstić information content (AvgIpc) is 2.88. The predicted octanol–water partition coefficient (Wildman–Crippen LogP) is 4.51. The van der Waals surface area contributed by atoms with Gasteiger partial charge in [-0.25, -0.2) is 5.01 Å². The minimum absolute atomic E-state index is 0.0804. The molecule has 0 N–H and O–H groups in total. The first-order valence-corrected chi connectivity index (χ1v) is 7.66. The van der Waals surface area contributed by atoms with Crippen LogP contribution in [0, 0.1) is 0 Å². The Balaban J connectivity index is 1.82. The van der Waals surface area contributed by atoms with E-state index in [9.17, 15) is 4.79 Å². The number of hydrogen-bond donors (Lipinski definition) is 0. The molecule has 0 atom stereocenters. The highest BCUT2D eigenvalue weighted by atomic mass is 16.2. The molecule has 21 heavy (non-hydrogen) atoms. The van der Waals surface area contributed by atoms with Gasteiger partial charge in [0.25, 0.3) is 5.91 Å². The Morgan fingerprint density at radius 2 is 1.90 bits per heavy atom. The van der Waals surface area contributed by atoms with E-state index in [1.54, 1.807) is 5.01 Å². The maximum absolute atomic E-state index is 12.2. The number of rotatable bonds is 5. The molecule has 3 heteroatoms. The summed E-state index contributed by atoms with van der Waals surface area (Å²) < 4.78 is 0. The second-order valence-electron chi connectivity index (χ2n) is 5.54. The van der Waals surface area contributed by atoms with Gasteiger partial charge in [0.2, 0.25) is 0 Å². The van der Waals surface area contributed by atoms with Crippen molar-refractivity contribution in [1.82, 2.24) is 0 Å². The van der Waals surface area contributed by atoms with Crippen LogP contribution >= 0.6 is 0 Å². The number of anilines is 1. The van der Waals surface area contributed by atoms with E-state index in [1.807, 2.05) is 30.3 Å². The number of unbranched alkanes of at least 4 members (excludes halogenated alkanes) is 2. The van der Waals surface area contributed by atoms with Crippen molar-refractivity contribution < 1.29 is 4.79 Å². The summed E-state index contributed by atoms with van der Waals surface area (Å²) in [5, 5.41) is 8.40. The Kier molecular flexibility index (Phi) is 4.00. The first-order chi connectivity index (χ1) is 10.3. The van der Waals surface area contributed by atoms with Gasteiger partial charge >= 0.3 is 0 Å². The van der Waals surface area contributed by atoms with Gasteiger partial charge in [0.1, 0.15) is 0 Å². The molecule has 0 aromatic heterocycles. The number of hydrazone groups is 1. The number of carbonyl (C=O) groups excluding carboxylic acids is 1.